The molecular weight excluding hydrogens is 542 g/mol. The van der Waals surface area contributed by atoms with Crippen molar-refractivity contribution in [3.63, 3.8) is 0 Å². The molecule has 0 N–H and O–H groups in total. The van der Waals surface area contributed by atoms with Crippen LogP contribution in [0.1, 0.15) is 17.0 Å². The molecule has 0 atom stereocenters. The van der Waals surface area contributed by atoms with Gasteiger partial charge in [-0.05, 0) is 97.9 Å². The maximum Gasteiger partial charge on any atom is 0.298 e. The van der Waals surface area contributed by atoms with Gasteiger partial charge in [-0.1, -0.05) is 29.4 Å². The number of non-ortho nitro benzene ring substituents is 1. The van der Waals surface area contributed by atoms with Crippen LogP contribution in [0.5, 0.6) is 0 Å². The number of hydrogen-bond donors (Lipinski definition) is 0. The predicted octanol–water partition coefficient (Wildman–Crippen LogP) is 8.05. The van der Waals surface area contributed by atoms with Crippen molar-refractivity contribution in [2.75, 3.05) is 4.90 Å². The third kappa shape index (κ3) is 5.13. The van der Waals surface area contributed by atoms with E-state index in [0.717, 1.165) is 49.1 Å². The standard InChI is InChI=1S/C28H20ClN3O4S2/c1-17-14-19(15-26-27(33)31(28(34)38-26)23-5-3-4-20(29)16-23)18(2)30(17)21-6-10-24(11-7-21)37-25-12-8-22(9-13-25)32(35)36/h3-16H,1-2H3/b26-15-. The number of rotatable bonds is 6. The van der Waals surface area contributed by atoms with Gasteiger partial charge in [0.1, 0.15) is 0 Å². The van der Waals surface area contributed by atoms with Crippen molar-refractivity contribution >= 4 is 63.7 Å². The number of halogens is 1. The molecule has 3 aromatic carbocycles. The second kappa shape index (κ2) is 10.5. The Labute approximate surface area is 232 Å². The molecule has 0 aliphatic carbocycles. The molecule has 5 rings (SSSR count). The Morgan fingerprint density at radius 1 is 0.921 bits per heavy atom. The van der Waals surface area contributed by atoms with Crippen molar-refractivity contribution in [1.29, 1.82) is 0 Å². The maximum absolute atomic E-state index is 13.1. The number of benzene rings is 3. The van der Waals surface area contributed by atoms with Gasteiger partial charge in [0.25, 0.3) is 16.8 Å². The maximum atomic E-state index is 13.1. The zero-order valence-electron chi connectivity index (χ0n) is 20.3. The molecule has 0 saturated carbocycles. The quantitative estimate of drug-likeness (QED) is 0.134. The summed E-state index contributed by atoms with van der Waals surface area (Å²) < 4.78 is 2.09. The second-order valence-electron chi connectivity index (χ2n) is 8.51. The molecule has 1 saturated heterocycles. The number of aryl methyl sites for hydroxylation is 1. The van der Waals surface area contributed by atoms with Gasteiger partial charge in [0.05, 0.1) is 15.5 Å². The number of hydrogen-bond acceptors (Lipinski definition) is 6. The summed E-state index contributed by atoms with van der Waals surface area (Å²) in [5.74, 6) is -0.375. The molecule has 7 nitrogen and oxygen atoms in total. The smallest absolute Gasteiger partial charge is 0.298 e. The first-order valence-electron chi connectivity index (χ1n) is 11.5. The minimum Gasteiger partial charge on any atom is -0.318 e. The average Bonchev–Trinajstić information content (AvgIpc) is 3.33. The van der Waals surface area contributed by atoms with Gasteiger partial charge in [-0.15, -0.1) is 0 Å². The molecule has 1 fully saturated rings. The molecule has 1 aromatic heterocycles. The van der Waals surface area contributed by atoms with E-state index in [-0.39, 0.29) is 16.8 Å². The van der Waals surface area contributed by atoms with E-state index in [9.17, 15) is 19.7 Å². The van der Waals surface area contributed by atoms with Crippen LogP contribution in [0.2, 0.25) is 5.02 Å². The molecule has 1 aliphatic heterocycles. The van der Waals surface area contributed by atoms with Crippen molar-refractivity contribution in [2.45, 2.75) is 23.6 Å². The lowest BCUT2D eigenvalue weighted by Crippen LogP contribution is -2.27. The number of carbonyl (C=O) groups excluding carboxylic acids is 2. The third-order valence-corrected chi connectivity index (χ3v) is 8.12. The van der Waals surface area contributed by atoms with Crippen LogP contribution in [0.4, 0.5) is 16.2 Å². The van der Waals surface area contributed by atoms with Crippen molar-refractivity contribution < 1.29 is 14.5 Å². The Balaban J connectivity index is 1.37. The fourth-order valence-corrected chi connectivity index (χ4v) is 6.05. The van der Waals surface area contributed by atoms with E-state index in [4.69, 9.17) is 11.6 Å². The largest absolute Gasteiger partial charge is 0.318 e. The predicted molar refractivity (Wildman–Crippen MR) is 152 cm³/mol. The van der Waals surface area contributed by atoms with Crippen molar-refractivity contribution in [3.8, 4) is 5.69 Å². The Kier molecular flexibility index (Phi) is 7.16. The summed E-state index contributed by atoms with van der Waals surface area (Å²) >= 11 is 8.48. The Hall–Kier alpha value is -3.79. The van der Waals surface area contributed by atoms with Gasteiger partial charge in [-0.25, -0.2) is 4.90 Å². The Morgan fingerprint density at radius 2 is 1.58 bits per heavy atom. The topological polar surface area (TPSA) is 85.5 Å². The van der Waals surface area contributed by atoms with Gasteiger partial charge in [0.15, 0.2) is 0 Å². The summed E-state index contributed by atoms with van der Waals surface area (Å²) in [5.41, 5.74) is 4.24. The Morgan fingerprint density at radius 3 is 2.21 bits per heavy atom. The van der Waals surface area contributed by atoms with Gasteiger partial charge in [0, 0.05) is 44.0 Å². The van der Waals surface area contributed by atoms with Crippen LogP contribution < -0.4 is 4.90 Å². The molecule has 4 aromatic rings. The van der Waals surface area contributed by atoms with E-state index in [1.165, 1.54) is 23.9 Å². The third-order valence-electron chi connectivity index (χ3n) is 6.00. The van der Waals surface area contributed by atoms with Crippen LogP contribution in [0.3, 0.4) is 0 Å². The molecule has 0 bridgehead atoms. The fraction of sp³-hybridized carbons (Fsp3) is 0.0714. The number of anilines is 1. The number of nitro benzene ring substituents is 1. The highest BCUT2D eigenvalue weighted by Crippen LogP contribution is 2.37. The second-order valence-corrected chi connectivity index (χ2v) is 11.1. The Bertz CT molecular complexity index is 1610. The number of carbonyl (C=O) groups is 2. The minimum atomic E-state index is -0.413. The molecule has 2 amide bonds. The normalized spacial score (nSPS) is 14.5. The van der Waals surface area contributed by atoms with E-state index in [0.29, 0.717) is 15.6 Å². The molecule has 0 spiro atoms. The first-order valence-corrected chi connectivity index (χ1v) is 13.5. The number of amides is 2. The van der Waals surface area contributed by atoms with E-state index < -0.39 is 4.92 Å². The molecular formula is C28H20ClN3O4S2. The van der Waals surface area contributed by atoms with Crippen LogP contribution in [-0.2, 0) is 4.79 Å². The zero-order chi connectivity index (χ0) is 27.0. The first-order chi connectivity index (χ1) is 18.2. The number of nitrogens with zero attached hydrogens (tertiary/aromatic N) is 3. The summed E-state index contributed by atoms with van der Waals surface area (Å²) in [6.45, 7) is 3.96. The lowest BCUT2D eigenvalue weighted by atomic mass is 10.2. The van der Waals surface area contributed by atoms with Crippen LogP contribution >= 0.6 is 35.1 Å². The lowest BCUT2D eigenvalue weighted by molar-refractivity contribution is -0.384. The summed E-state index contributed by atoms with van der Waals surface area (Å²) in [6, 6.07) is 23.1. The van der Waals surface area contributed by atoms with E-state index in [1.54, 1.807) is 42.5 Å². The number of aromatic nitrogens is 1. The number of imide groups is 1. The van der Waals surface area contributed by atoms with Gasteiger partial charge in [-0.3, -0.25) is 19.7 Å². The average molecular weight is 562 g/mol. The van der Waals surface area contributed by atoms with Gasteiger partial charge in [-0.2, -0.15) is 0 Å². The summed E-state index contributed by atoms with van der Waals surface area (Å²) in [6.07, 6.45) is 1.76. The first kappa shape index (κ1) is 25.8. The molecule has 38 heavy (non-hydrogen) atoms. The van der Waals surface area contributed by atoms with Crippen LogP contribution in [-0.4, -0.2) is 20.6 Å². The fourth-order valence-electron chi connectivity index (χ4n) is 4.21. The van der Waals surface area contributed by atoms with Crippen molar-refractivity contribution in [2.24, 2.45) is 0 Å². The van der Waals surface area contributed by atoms with E-state index in [1.807, 2.05) is 44.2 Å². The highest BCUT2D eigenvalue weighted by atomic mass is 35.5. The van der Waals surface area contributed by atoms with Crippen molar-refractivity contribution in [1.82, 2.24) is 4.57 Å². The molecule has 1 aliphatic rings. The summed E-state index contributed by atoms with van der Waals surface area (Å²) in [5, 5.41) is 11.0. The van der Waals surface area contributed by atoms with Gasteiger partial charge < -0.3 is 4.57 Å². The number of nitro groups is 1. The molecule has 190 valence electrons. The lowest BCUT2D eigenvalue weighted by Gasteiger charge is -2.12. The van der Waals surface area contributed by atoms with Gasteiger partial charge >= 0.3 is 0 Å². The van der Waals surface area contributed by atoms with Gasteiger partial charge in [0.2, 0.25) is 0 Å². The van der Waals surface area contributed by atoms with Crippen LogP contribution in [0.15, 0.2) is 93.6 Å². The van der Waals surface area contributed by atoms with Crippen molar-refractivity contribution in [3.05, 3.63) is 116 Å². The van der Waals surface area contributed by atoms with E-state index >= 15 is 0 Å². The van der Waals surface area contributed by atoms with E-state index in [2.05, 4.69) is 4.57 Å². The highest BCUT2D eigenvalue weighted by molar-refractivity contribution is 8.19. The van der Waals surface area contributed by atoms with Crippen LogP contribution in [0, 0.1) is 24.0 Å². The molecule has 2 heterocycles. The monoisotopic (exact) mass is 561 g/mol. The van der Waals surface area contributed by atoms with Crippen LogP contribution in [0.25, 0.3) is 11.8 Å². The summed E-state index contributed by atoms with van der Waals surface area (Å²) in [4.78, 5) is 39.6. The highest BCUT2D eigenvalue weighted by Gasteiger charge is 2.36. The summed E-state index contributed by atoms with van der Waals surface area (Å²) in [7, 11) is 0. The molecule has 10 heteroatoms. The molecule has 0 unspecified atom stereocenters. The minimum absolute atomic E-state index is 0.0632. The SMILES string of the molecule is Cc1cc(/C=C2\SC(=O)N(c3cccc(Cl)c3)C2=O)c(C)n1-c1ccc(Sc2ccc([N+](=O)[O-])cc2)cc1. The molecule has 0 radical (unpaired) electrons. The zero-order valence-corrected chi connectivity index (χ0v) is 22.6. The number of thioether (sulfide) groups is 1.